The molecule has 0 spiro atoms. The number of hydrogen-bond donors (Lipinski definition) is 2. The van der Waals surface area contributed by atoms with E-state index in [9.17, 15) is 14.7 Å². The molecule has 1 fully saturated rings. The maximum Gasteiger partial charge on any atom is 0.338 e. The molecule has 1 saturated heterocycles. The van der Waals surface area contributed by atoms with Crippen molar-refractivity contribution in [1.29, 1.82) is 0 Å². The molecule has 0 bridgehead atoms. The first kappa shape index (κ1) is 14.7. The van der Waals surface area contributed by atoms with Crippen molar-refractivity contribution in [3.63, 3.8) is 0 Å². The molecule has 2 N–H and O–H groups in total. The fourth-order valence-electron chi connectivity index (χ4n) is 2.36. The number of nitrogens with one attached hydrogen (secondary N) is 1. The molecule has 5 nitrogen and oxygen atoms in total. The summed E-state index contributed by atoms with van der Waals surface area (Å²) in [7, 11) is 0. The summed E-state index contributed by atoms with van der Waals surface area (Å²) in [5, 5.41) is 12.4. The lowest BCUT2D eigenvalue weighted by Gasteiger charge is -2.09. The molecule has 1 amide bonds. The SMILES string of the molecule is O=C(O)c1cc(-c2ccccc2)sc1NC(=O)C1CCCO1. The molecule has 1 aromatic carbocycles. The van der Waals surface area contributed by atoms with Crippen molar-refractivity contribution in [2.45, 2.75) is 18.9 Å². The Balaban J connectivity index is 1.87. The number of anilines is 1. The number of ether oxygens (including phenoxy) is 1. The van der Waals surface area contributed by atoms with Crippen LogP contribution in [0.4, 0.5) is 5.00 Å². The van der Waals surface area contributed by atoms with E-state index in [1.807, 2.05) is 30.3 Å². The highest BCUT2D eigenvalue weighted by molar-refractivity contribution is 7.20. The van der Waals surface area contributed by atoms with Gasteiger partial charge in [0.25, 0.3) is 5.91 Å². The lowest BCUT2D eigenvalue weighted by atomic mass is 10.1. The summed E-state index contributed by atoms with van der Waals surface area (Å²) in [6.45, 7) is 0.573. The van der Waals surface area contributed by atoms with Gasteiger partial charge in [0.1, 0.15) is 11.1 Å². The molecule has 1 aromatic heterocycles. The summed E-state index contributed by atoms with van der Waals surface area (Å²) in [5.41, 5.74) is 1.03. The number of benzene rings is 1. The fraction of sp³-hybridized carbons (Fsp3) is 0.250. The highest BCUT2D eigenvalue weighted by atomic mass is 32.1. The normalized spacial score (nSPS) is 17.4. The lowest BCUT2D eigenvalue weighted by molar-refractivity contribution is -0.124. The molecule has 3 rings (SSSR count). The first-order chi connectivity index (χ1) is 10.6. The van der Waals surface area contributed by atoms with Gasteiger partial charge in [-0.2, -0.15) is 0 Å². The van der Waals surface area contributed by atoms with Crippen LogP contribution in [0, 0.1) is 0 Å². The highest BCUT2D eigenvalue weighted by Gasteiger charge is 2.26. The summed E-state index contributed by atoms with van der Waals surface area (Å²) in [5.74, 6) is -1.33. The monoisotopic (exact) mass is 317 g/mol. The maximum atomic E-state index is 12.1. The highest BCUT2D eigenvalue weighted by Crippen LogP contribution is 2.35. The van der Waals surface area contributed by atoms with Gasteiger partial charge in [-0.05, 0) is 24.5 Å². The van der Waals surface area contributed by atoms with E-state index >= 15 is 0 Å². The van der Waals surface area contributed by atoms with Crippen LogP contribution in [0.3, 0.4) is 0 Å². The molecule has 2 aromatic rings. The zero-order valence-corrected chi connectivity index (χ0v) is 12.6. The Labute approximate surface area is 131 Å². The third-order valence-electron chi connectivity index (χ3n) is 3.48. The third-order valence-corrected chi connectivity index (χ3v) is 4.58. The second kappa shape index (κ2) is 6.29. The summed E-state index contributed by atoms with van der Waals surface area (Å²) < 4.78 is 5.32. The number of amides is 1. The van der Waals surface area contributed by atoms with Crippen molar-refractivity contribution in [3.05, 3.63) is 42.0 Å². The van der Waals surface area contributed by atoms with Crippen molar-refractivity contribution in [1.82, 2.24) is 0 Å². The van der Waals surface area contributed by atoms with E-state index in [-0.39, 0.29) is 11.5 Å². The summed E-state index contributed by atoms with van der Waals surface area (Å²) in [6, 6.07) is 11.1. The molecular weight excluding hydrogens is 302 g/mol. The smallest absolute Gasteiger partial charge is 0.338 e. The Kier molecular flexibility index (Phi) is 4.22. The molecule has 22 heavy (non-hydrogen) atoms. The molecule has 0 saturated carbocycles. The first-order valence-corrected chi connectivity index (χ1v) is 7.82. The number of rotatable bonds is 4. The number of carboxylic acid groups (broad SMARTS) is 1. The Bertz CT molecular complexity index is 689. The van der Waals surface area contributed by atoms with Crippen LogP contribution in [-0.2, 0) is 9.53 Å². The molecule has 0 radical (unpaired) electrons. The van der Waals surface area contributed by atoms with Gasteiger partial charge in [-0.15, -0.1) is 11.3 Å². The summed E-state index contributed by atoms with van der Waals surface area (Å²) in [6.07, 6.45) is 1.04. The van der Waals surface area contributed by atoms with E-state index in [1.165, 1.54) is 11.3 Å². The van der Waals surface area contributed by atoms with Crippen LogP contribution in [-0.4, -0.2) is 29.7 Å². The van der Waals surface area contributed by atoms with Gasteiger partial charge >= 0.3 is 5.97 Å². The third kappa shape index (κ3) is 3.03. The van der Waals surface area contributed by atoms with E-state index in [2.05, 4.69) is 5.32 Å². The average Bonchev–Trinajstić information content (AvgIpc) is 3.17. The predicted molar refractivity (Wildman–Crippen MR) is 84.3 cm³/mol. The van der Waals surface area contributed by atoms with Crippen molar-refractivity contribution >= 4 is 28.2 Å². The Morgan fingerprint density at radius 1 is 1.27 bits per heavy atom. The largest absolute Gasteiger partial charge is 0.478 e. The Morgan fingerprint density at radius 2 is 2.05 bits per heavy atom. The van der Waals surface area contributed by atoms with Crippen LogP contribution in [0.15, 0.2) is 36.4 Å². The topological polar surface area (TPSA) is 75.6 Å². The van der Waals surface area contributed by atoms with Gasteiger partial charge in [0.15, 0.2) is 0 Å². The number of hydrogen-bond acceptors (Lipinski definition) is 4. The number of carbonyl (C=O) groups is 2. The Hall–Kier alpha value is -2.18. The zero-order valence-electron chi connectivity index (χ0n) is 11.7. The van der Waals surface area contributed by atoms with E-state index in [4.69, 9.17) is 4.74 Å². The van der Waals surface area contributed by atoms with Crippen LogP contribution in [0.1, 0.15) is 23.2 Å². The quantitative estimate of drug-likeness (QED) is 0.908. The summed E-state index contributed by atoms with van der Waals surface area (Å²) in [4.78, 5) is 24.3. The van der Waals surface area contributed by atoms with Crippen LogP contribution in [0.2, 0.25) is 0 Å². The minimum Gasteiger partial charge on any atom is -0.478 e. The van der Waals surface area contributed by atoms with Gasteiger partial charge in [0, 0.05) is 11.5 Å². The van der Waals surface area contributed by atoms with Crippen molar-refractivity contribution in [2.24, 2.45) is 0 Å². The molecule has 1 unspecified atom stereocenters. The summed E-state index contributed by atoms with van der Waals surface area (Å²) >= 11 is 1.26. The standard InChI is InChI=1S/C16H15NO4S/c18-14(12-7-4-8-21-12)17-15-11(16(19)20)9-13(22-15)10-5-2-1-3-6-10/h1-3,5-6,9,12H,4,7-8H2,(H,17,18)(H,19,20). The van der Waals surface area contributed by atoms with Crippen LogP contribution < -0.4 is 5.32 Å². The van der Waals surface area contributed by atoms with E-state index in [1.54, 1.807) is 6.07 Å². The molecule has 114 valence electrons. The number of carboxylic acids is 1. The van der Waals surface area contributed by atoms with Crippen LogP contribution in [0.25, 0.3) is 10.4 Å². The number of carbonyl (C=O) groups excluding carboxylic acids is 1. The van der Waals surface area contributed by atoms with Crippen molar-refractivity contribution < 1.29 is 19.4 Å². The van der Waals surface area contributed by atoms with E-state index in [0.29, 0.717) is 18.0 Å². The fourth-order valence-corrected chi connectivity index (χ4v) is 3.42. The van der Waals surface area contributed by atoms with Gasteiger partial charge in [0.05, 0.1) is 5.56 Å². The molecule has 6 heteroatoms. The minimum atomic E-state index is -1.05. The molecule has 1 aliphatic rings. The zero-order chi connectivity index (χ0) is 15.5. The predicted octanol–water partition coefficient (Wildman–Crippen LogP) is 3.23. The molecule has 2 heterocycles. The van der Waals surface area contributed by atoms with Gasteiger partial charge in [-0.1, -0.05) is 30.3 Å². The Morgan fingerprint density at radius 3 is 2.68 bits per heavy atom. The maximum absolute atomic E-state index is 12.1. The second-order valence-corrected chi connectivity index (χ2v) is 6.07. The second-order valence-electron chi connectivity index (χ2n) is 5.02. The molecular formula is C16H15NO4S. The van der Waals surface area contributed by atoms with Crippen LogP contribution >= 0.6 is 11.3 Å². The lowest BCUT2D eigenvalue weighted by Crippen LogP contribution is -2.27. The van der Waals surface area contributed by atoms with Gasteiger partial charge in [-0.25, -0.2) is 4.79 Å². The van der Waals surface area contributed by atoms with Crippen molar-refractivity contribution in [2.75, 3.05) is 11.9 Å². The van der Waals surface area contributed by atoms with E-state index < -0.39 is 12.1 Å². The van der Waals surface area contributed by atoms with Crippen LogP contribution in [0.5, 0.6) is 0 Å². The molecule has 1 atom stereocenters. The van der Waals surface area contributed by atoms with Gasteiger partial charge < -0.3 is 15.2 Å². The van der Waals surface area contributed by atoms with E-state index in [0.717, 1.165) is 16.9 Å². The van der Waals surface area contributed by atoms with Crippen molar-refractivity contribution in [3.8, 4) is 10.4 Å². The first-order valence-electron chi connectivity index (χ1n) is 7.00. The molecule has 0 aliphatic carbocycles. The number of thiophene rings is 1. The van der Waals surface area contributed by atoms with Gasteiger partial charge in [0.2, 0.25) is 0 Å². The minimum absolute atomic E-state index is 0.107. The molecule has 1 aliphatic heterocycles. The number of aromatic carboxylic acids is 1. The average molecular weight is 317 g/mol. The van der Waals surface area contributed by atoms with Gasteiger partial charge in [-0.3, -0.25) is 4.79 Å².